The highest BCUT2D eigenvalue weighted by molar-refractivity contribution is 6.33. The SMILES string of the molecule is CN(Cc1cccc(C(F)(F)F)c1)C(=O)C1Cc2ccccc2CN1C(=O)c1ccccc1Cl. The lowest BCUT2D eigenvalue weighted by Crippen LogP contribution is -2.52. The summed E-state index contributed by atoms with van der Waals surface area (Å²) < 4.78 is 39.3. The van der Waals surface area contributed by atoms with Gasteiger partial charge in [-0.05, 0) is 41.0 Å². The Labute approximate surface area is 200 Å². The van der Waals surface area contributed by atoms with Crippen molar-refractivity contribution in [1.29, 1.82) is 0 Å². The summed E-state index contributed by atoms with van der Waals surface area (Å²) in [5.41, 5.74) is 1.77. The summed E-state index contributed by atoms with van der Waals surface area (Å²) in [6.07, 6.45) is -4.16. The molecule has 1 aliphatic rings. The molecule has 0 radical (unpaired) electrons. The molecular formula is C26H22ClF3N2O2. The number of fused-ring (bicyclic) bond motifs is 1. The smallest absolute Gasteiger partial charge is 0.340 e. The fourth-order valence-electron chi connectivity index (χ4n) is 4.20. The minimum absolute atomic E-state index is 0.0188. The predicted molar refractivity (Wildman–Crippen MR) is 123 cm³/mol. The molecule has 0 aliphatic carbocycles. The van der Waals surface area contributed by atoms with E-state index in [4.69, 9.17) is 11.6 Å². The number of halogens is 4. The van der Waals surface area contributed by atoms with E-state index in [2.05, 4.69) is 0 Å². The highest BCUT2D eigenvalue weighted by Crippen LogP contribution is 2.31. The number of amides is 2. The number of carbonyl (C=O) groups is 2. The van der Waals surface area contributed by atoms with E-state index in [1.807, 2.05) is 24.3 Å². The summed E-state index contributed by atoms with van der Waals surface area (Å²) in [5, 5.41) is 0.287. The van der Waals surface area contributed by atoms with Crippen LogP contribution in [0.15, 0.2) is 72.8 Å². The van der Waals surface area contributed by atoms with E-state index in [1.165, 1.54) is 22.9 Å². The van der Waals surface area contributed by atoms with Crippen molar-refractivity contribution in [2.45, 2.75) is 31.7 Å². The van der Waals surface area contributed by atoms with Gasteiger partial charge >= 0.3 is 6.18 Å². The van der Waals surface area contributed by atoms with Crippen LogP contribution in [0.3, 0.4) is 0 Å². The lowest BCUT2D eigenvalue weighted by atomic mass is 9.92. The molecular weight excluding hydrogens is 465 g/mol. The minimum atomic E-state index is -4.47. The molecule has 2 amide bonds. The van der Waals surface area contributed by atoms with Gasteiger partial charge in [0, 0.05) is 26.6 Å². The first-order chi connectivity index (χ1) is 16.1. The summed E-state index contributed by atoms with van der Waals surface area (Å²) in [7, 11) is 1.53. The van der Waals surface area contributed by atoms with Crippen LogP contribution in [0.4, 0.5) is 13.2 Å². The topological polar surface area (TPSA) is 40.6 Å². The number of alkyl halides is 3. The Morgan fingerprint density at radius 2 is 1.68 bits per heavy atom. The Hall–Kier alpha value is -3.32. The van der Waals surface area contributed by atoms with E-state index in [0.717, 1.165) is 23.3 Å². The fraction of sp³-hybridized carbons (Fsp3) is 0.231. The second kappa shape index (κ2) is 9.50. The molecule has 176 valence electrons. The van der Waals surface area contributed by atoms with Crippen LogP contribution in [-0.4, -0.2) is 34.7 Å². The third kappa shape index (κ3) is 4.94. The summed E-state index contributed by atoms with van der Waals surface area (Å²) in [6.45, 7) is 0.211. The van der Waals surface area contributed by atoms with Gasteiger partial charge in [0.15, 0.2) is 0 Å². The van der Waals surface area contributed by atoms with Gasteiger partial charge < -0.3 is 9.80 Å². The second-order valence-electron chi connectivity index (χ2n) is 8.29. The van der Waals surface area contributed by atoms with Crippen LogP contribution < -0.4 is 0 Å². The monoisotopic (exact) mass is 486 g/mol. The highest BCUT2D eigenvalue weighted by atomic mass is 35.5. The molecule has 8 heteroatoms. The van der Waals surface area contributed by atoms with Crippen LogP contribution in [-0.2, 0) is 30.5 Å². The molecule has 0 bridgehead atoms. The third-order valence-electron chi connectivity index (χ3n) is 5.95. The molecule has 1 unspecified atom stereocenters. The number of hydrogen-bond acceptors (Lipinski definition) is 2. The largest absolute Gasteiger partial charge is 0.416 e. The van der Waals surface area contributed by atoms with Gasteiger partial charge in [0.05, 0.1) is 16.1 Å². The Morgan fingerprint density at radius 3 is 2.38 bits per heavy atom. The predicted octanol–water partition coefficient (Wildman–Crippen LogP) is 5.58. The van der Waals surface area contributed by atoms with Crippen LogP contribution in [0, 0.1) is 0 Å². The zero-order chi connectivity index (χ0) is 24.5. The first-order valence-corrected chi connectivity index (χ1v) is 11.1. The van der Waals surface area contributed by atoms with Crippen LogP contribution in [0.1, 0.15) is 32.6 Å². The van der Waals surface area contributed by atoms with Gasteiger partial charge in [-0.2, -0.15) is 13.2 Å². The normalized spacial score (nSPS) is 15.6. The van der Waals surface area contributed by atoms with Crippen molar-refractivity contribution >= 4 is 23.4 Å². The van der Waals surface area contributed by atoms with Crippen molar-refractivity contribution in [3.8, 4) is 0 Å². The molecule has 3 aromatic rings. The quantitative estimate of drug-likeness (QED) is 0.482. The van der Waals surface area contributed by atoms with E-state index >= 15 is 0 Å². The van der Waals surface area contributed by atoms with Crippen LogP contribution in [0.25, 0.3) is 0 Å². The average molecular weight is 487 g/mol. The van der Waals surface area contributed by atoms with Crippen molar-refractivity contribution in [3.05, 3.63) is 106 Å². The summed E-state index contributed by atoms with van der Waals surface area (Å²) >= 11 is 6.25. The number of likely N-dealkylation sites (N-methyl/N-ethyl adjacent to an activating group) is 1. The van der Waals surface area contributed by atoms with Gasteiger partial charge in [0.2, 0.25) is 5.91 Å². The summed E-state index contributed by atoms with van der Waals surface area (Å²) in [5.74, 6) is -0.724. The Kier molecular flexibility index (Phi) is 6.66. The summed E-state index contributed by atoms with van der Waals surface area (Å²) in [4.78, 5) is 29.8. The molecule has 1 aliphatic heterocycles. The molecule has 34 heavy (non-hydrogen) atoms. The van der Waals surface area contributed by atoms with E-state index in [0.29, 0.717) is 17.5 Å². The maximum atomic E-state index is 13.5. The molecule has 1 atom stereocenters. The maximum absolute atomic E-state index is 13.5. The van der Waals surface area contributed by atoms with E-state index < -0.39 is 17.8 Å². The first-order valence-electron chi connectivity index (χ1n) is 10.7. The first kappa shape index (κ1) is 23.8. The standard InChI is InChI=1S/C26H22ClF3N2O2/c1-31(15-17-7-6-10-20(13-17)26(28,29)30)25(34)23-14-18-8-2-3-9-19(18)16-32(23)24(33)21-11-4-5-12-22(21)27/h2-13,23H,14-16H2,1H3. The van der Waals surface area contributed by atoms with Gasteiger partial charge in [-0.15, -0.1) is 0 Å². The lowest BCUT2D eigenvalue weighted by Gasteiger charge is -2.38. The zero-order valence-electron chi connectivity index (χ0n) is 18.3. The molecule has 0 saturated carbocycles. The van der Waals surface area contributed by atoms with Crippen molar-refractivity contribution in [1.82, 2.24) is 9.80 Å². The van der Waals surface area contributed by atoms with E-state index in [-0.39, 0.29) is 29.9 Å². The maximum Gasteiger partial charge on any atom is 0.416 e. The van der Waals surface area contributed by atoms with Crippen LogP contribution >= 0.6 is 11.6 Å². The van der Waals surface area contributed by atoms with E-state index in [9.17, 15) is 22.8 Å². The number of benzene rings is 3. The van der Waals surface area contributed by atoms with Gasteiger partial charge in [0.1, 0.15) is 6.04 Å². The van der Waals surface area contributed by atoms with Crippen molar-refractivity contribution in [2.24, 2.45) is 0 Å². The number of hydrogen-bond donors (Lipinski definition) is 0. The molecule has 3 aromatic carbocycles. The van der Waals surface area contributed by atoms with Crippen molar-refractivity contribution < 1.29 is 22.8 Å². The summed E-state index contributed by atoms with van der Waals surface area (Å²) in [6, 6.07) is 18.3. The number of rotatable bonds is 4. The molecule has 0 fully saturated rings. The number of carbonyl (C=O) groups excluding carboxylic acids is 2. The van der Waals surface area contributed by atoms with Crippen molar-refractivity contribution in [2.75, 3.05) is 7.05 Å². The molecule has 0 spiro atoms. The van der Waals surface area contributed by atoms with Gasteiger partial charge in [-0.25, -0.2) is 0 Å². The van der Waals surface area contributed by atoms with Crippen LogP contribution in [0.2, 0.25) is 5.02 Å². The zero-order valence-corrected chi connectivity index (χ0v) is 19.1. The van der Waals surface area contributed by atoms with Gasteiger partial charge in [-0.1, -0.05) is 60.1 Å². The number of nitrogens with zero attached hydrogens (tertiary/aromatic N) is 2. The molecule has 0 saturated heterocycles. The molecule has 4 rings (SSSR count). The Bertz CT molecular complexity index is 1230. The minimum Gasteiger partial charge on any atom is -0.340 e. The Morgan fingerprint density at radius 1 is 1.00 bits per heavy atom. The lowest BCUT2D eigenvalue weighted by molar-refractivity contribution is -0.137. The molecule has 1 heterocycles. The fourth-order valence-corrected chi connectivity index (χ4v) is 4.42. The van der Waals surface area contributed by atoms with Crippen LogP contribution in [0.5, 0.6) is 0 Å². The van der Waals surface area contributed by atoms with Gasteiger partial charge in [0.25, 0.3) is 5.91 Å². The molecule has 0 aromatic heterocycles. The van der Waals surface area contributed by atoms with E-state index in [1.54, 1.807) is 30.3 Å². The second-order valence-corrected chi connectivity index (χ2v) is 8.70. The molecule has 4 nitrogen and oxygen atoms in total. The average Bonchev–Trinajstić information content (AvgIpc) is 2.82. The van der Waals surface area contributed by atoms with Crippen molar-refractivity contribution in [3.63, 3.8) is 0 Å². The van der Waals surface area contributed by atoms with Gasteiger partial charge in [-0.3, -0.25) is 9.59 Å². The molecule has 0 N–H and O–H groups in total. The third-order valence-corrected chi connectivity index (χ3v) is 6.28. The Balaban J connectivity index is 1.62. The highest BCUT2D eigenvalue weighted by Gasteiger charge is 2.37.